The number of benzene rings is 2. The van der Waals surface area contributed by atoms with E-state index >= 15 is 0 Å². The van der Waals surface area contributed by atoms with Crippen molar-refractivity contribution in [3.63, 3.8) is 0 Å². The van der Waals surface area contributed by atoms with Crippen LogP contribution in [0.15, 0.2) is 74.5 Å². The van der Waals surface area contributed by atoms with Gasteiger partial charge in [-0.15, -0.1) is 11.3 Å². The Morgan fingerprint density at radius 1 is 1.07 bits per heavy atom. The van der Waals surface area contributed by atoms with E-state index < -0.39 is 11.7 Å². The molecule has 0 bridgehead atoms. The summed E-state index contributed by atoms with van der Waals surface area (Å²) >= 11 is 1.37. The van der Waals surface area contributed by atoms with Gasteiger partial charge < -0.3 is 4.42 Å². The largest absolute Gasteiger partial charge is 0.454 e. The number of halogens is 3. The normalized spacial score (nSPS) is 13.1. The lowest BCUT2D eigenvalue weighted by atomic mass is 10.1. The maximum Gasteiger partial charge on any atom is 0.416 e. The zero-order chi connectivity index (χ0) is 19.7. The molecular formula is C20H14F3N3OS. The first-order valence-electron chi connectivity index (χ1n) is 8.29. The number of rotatable bonds is 3. The molecule has 0 spiro atoms. The summed E-state index contributed by atoms with van der Waals surface area (Å²) in [5.41, 5.74) is 1.04. The minimum atomic E-state index is -4.40. The van der Waals surface area contributed by atoms with Gasteiger partial charge in [0.25, 0.3) is 0 Å². The van der Waals surface area contributed by atoms with Gasteiger partial charge in [-0.2, -0.15) is 18.3 Å². The molecule has 142 valence electrons. The fourth-order valence-corrected chi connectivity index (χ4v) is 3.54. The van der Waals surface area contributed by atoms with Crippen LogP contribution in [0, 0.1) is 0 Å². The van der Waals surface area contributed by atoms with Crippen LogP contribution in [0.25, 0.3) is 22.4 Å². The first-order chi connectivity index (χ1) is 13.5. The molecule has 0 aliphatic heterocycles. The molecule has 0 amide bonds. The number of hydrogen-bond acceptors (Lipinski definition) is 4. The Balaban J connectivity index is 1.76. The Morgan fingerprint density at radius 2 is 1.89 bits per heavy atom. The molecule has 4 aromatic rings. The van der Waals surface area contributed by atoms with E-state index in [-0.39, 0.29) is 0 Å². The number of fused-ring (bicyclic) bond motifs is 1. The van der Waals surface area contributed by atoms with Gasteiger partial charge >= 0.3 is 6.18 Å². The summed E-state index contributed by atoms with van der Waals surface area (Å²) in [5.74, 6) is 0.605. The molecule has 0 atom stereocenters. The molecule has 8 heteroatoms. The van der Waals surface area contributed by atoms with Gasteiger partial charge in [0.2, 0.25) is 4.80 Å². The van der Waals surface area contributed by atoms with Gasteiger partial charge in [0.05, 0.1) is 11.8 Å². The van der Waals surface area contributed by atoms with E-state index in [1.54, 1.807) is 17.8 Å². The summed E-state index contributed by atoms with van der Waals surface area (Å²) in [6.45, 7) is 0. The predicted octanol–water partition coefficient (Wildman–Crippen LogP) is 5.39. The monoisotopic (exact) mass is 401 g/mol. The summed E-state index contributed by atoms with van der Waals surface area (Å²) in [7, 11) is 1.63. The third-order valence-corrected chi connectivity index (χ3v) is 5.00. The quantitative estimate of drug-likeness (QED) is 0.424. The zero-order valence-electron chi connectivity index (χ0n) is 14.6. The van der Waals surface area contributed by atoms with Crippen LogP contribution in [0.5, 0.6) is 0 Å². The van der Waals surface area contributed by atoms with Crippen molar-refractivity contribution in [3.8, 4) is 11.5 Å². The number of thiazole rings is 1. The average Bonchev–Trinajstić information content (AvgIpc) is 3.29. The number of furan rings is 1. The Bertz CT molecular complexity index is 1200. The number of para-hydroxylation sites is 1. The molecule has 0 N–H and O–H groups in total. The van der Waals surface area contributed by atoms with Gasteiger partial charge in [0.15, 0.2) is 5.76 Å². The molecule has 4 nitrogen and oxygen atoms in total. The second-order valence-electron chi connectivity index (χ2n) is 5.96. The van der Waals surface area contributed by atoms with Crippen LogP contribution in [0.3, 0.4) is 0 Å². The lowest BCUT2D eigenvalue weighted by Crippen LogP contribution is -2.11. The van der Waals surface area contributed by atoms with E-state index in [4.69, 9.17) is 4.42 Å². The molecule has 0 aliphatic rings. The highest BCUT2D eigenvalue weighted by Crippen LogP contribution is 2.30. The van der Waals surface area contributed by atoms with Crippen LogP contribution in [0.4, 0.5) is 13.2 Å². The van der Waals surface area contributed by atoms with E-state index in [9.17, 15) is 13.2 Å². The lowest BCUT2D eigenvalue weighted by molar-refractivity contribution is -0.137. The van der Waals surface area contributed by atoms with Crippen LogP contribution >= 0.6 is 11.3 Å². The average molecular weight is 401 g/mol. The van der Waals surface area contributed by atoms with Crippen LogP contribution in [0.2, 0.25) is 0 Å². The third-order valence-electron chi connectivity index (χ3n) is 4.09. The number of nitrogens with zero attached hydrogens (tertiary/aromatic N) is 3. The van der Waals surface area contributed by atoms with Gasteiger partial charge in [-0.25, -0.2) is 4.68 Å². The predicted molar refractivity (Wildman–Crippen MR) is 103 cm³/mol. The van der Waals surface area contributed by atoms with Crippen molar-refractivity contribution < 1.29 is 17.6 Å². The Hall–Kier alpha value is -3.13. The summed E-state index contributed by atoms with van der Waals surface area (Å²) in [5, 5.41) is 7.16. The van der Waals surface area contributed by atoms with Crippen molar-refractivity contribution in [3.05, 3.63) is 75.9 Å². The zero-order valence-corrected chi connectivity index (χ0v) is 15.5. The van der Waals surface area contributed by atoms with E-state index in [0.717, 1.165) is 23.1 Å². The van der Waals surface area contributed by atoms with Gasteiger partial charge in [0.1, 0.15) is 11.3 Å². The van der Waals surface area contributed by atoms with Gasteiger partial charge in [0, 0.05) is 17.8 Å². The third kappa shape index (κ3) is 3.50. The number of aromatic nitrogens is 1. The molecule has 2 heterocycles. The highest BCUT2D eigenvalue weighted by Gasteiger charge is 2.30. The second-order valence-corrected chi connectivity index (χ2v) is 6.79. The van der Waals surface area contributed by atoms with Crippen LogP contribution in [-0.2, 0) is 6.18 Å². The molecule has 0 radical (unpaired) electrons. The van der Waals surface area contributed by atoms with Crippen LogP contribution < -0.4 is 4.80 Å². The molecule has 0 saturated heterocycles. The minimum Gasteiger partial charge on any atom is -0.454 e. The number of hydrogen-bond donors (Lipinski definition) is 0. The maximum atomic E-state index is 12.9. The summed E-state index contributed by atoms with van der Waals surface area (Å²) in [4.78, 5) is 4.78. The molecule has 0 aliphatic carbocycles. The van der Waals surface area contributed by atoms with Crippen molar-refractivity contribution in [1.82, 2.24) is 4.68 Å². The summed E-state index contributed by atoms with van der Waals surface area (Å²) < 4.78 is 46.2. The standard InChI is InChI=1S/C20H14F3N3OS/c1-24-19-26(25-11-13-5-4-7-15(9-13)20(21,22)23)16(12-28-19)18-10-14-6-2-3-8-17(14)27-18/h2-12H,1H3/b24-19?,25-11+. The fraction of sp³-hybridized carbons (Fsp3) is 0.100. The first kappa shape index (κ1) is 18.2. The van der Waals surface area contributed by atoms with Crippen molar-refractivity contribution >= 4 is 28.5 Å². The molecule has 2 aromatic heterocycles. The summed E-state index contributed by atoms with van der Waals surface area (Å²) in [6, 6.07) is 14.5. The lowest BCUT2D eigenvalue weighted by Gasteiger charge is -2.06. The molecule has 28 heavy (non-hydrogen) atoms. The summed E-state index contributed by atoms with van der Waals surface area (Å²) in [6.07, 6.45) is -3.02. The fourth-order valence-electron chi connectivity index (χ4n) is 2.76. The number of alkyl halides is 3. The van der Waals surface area contributed by atoms with Crippen molar-refractivity contribution in [2.45, 2.75) is 6.18 Å². The van der Waals surface area contributed by atoms with Gasteiger partial charge in [-0.3, -0.25) is 4.99 Å². The Morgan fingerprint density at radius 3 is 2.64 bits per heavy atom. The molecule has 0 saturated carbocycles. The minimum absolute atomic E-state index is 0.339. The van der Waals surface area contributed by atoms with Crippen LogP contribution in [-0.4, -0.2) is 17.9 Å². The van der Waals surface area contributed by atoms with E-state index in [0.29, 0.717) is 21.8 Å². The van der Waals surface area contributed by atoms with Gasteiger partial charge in [-0.05, 0) is 29.8 Å². The van der Waals surface area contributed by atoms with E-state index in [1.807, 2.05) is 35.7 Å². The van der Waals surface area contributed by atoms with Crippen molar-refractivity contribution in [2.24, 2.45) is 10.1 Å². The topological polar surface area (TPSA) is 42.8 Å². The SMILES string of the molecule is CN=c1scc(-c2cc3ccccc3o2)n1/N=C/c1cccc(C(F)(F)F)c1. The van der Waals surface area contributed by atoms with Crippen LogP contribution in [0.1, 0.15) is 11.1 Å². The van der Waals surface area contributed by atoms with Crippen molar-refractivity contribution in [2.75, 3.05) is 7.05 Å². The molecule has 0 unspecified atom stereocenters. The molecular weight excluding hydrogens is 387 g/mol. The Labute approximate surface area is 161 Å². The Kier molecular flexibility index (Phi) is 4.64. The highest BCUT2D eigenvalue weighted by molar-refractivity contribution is 7.07. The molecule has 0 fully saturated rings. The smallest absolute Gasteiger partial charge is 0.416 e. The van der Waals surface area contributed by atoms with Gasteiger partial charge in [-0.1, -0.05) is 30.3 Å². The van der Waals surface area contributed by atoms with E-state index in [2.05, 4.69) is 10.1 Å². The second kappa shape index (κ2) is 7.12. The molecule has 4 rings (SSSR count). The maximum absolute atomic E-state index is 12.9. The molecule has 2 aromatic carbocycles. The van der Waals surface area contributed by atoms with Crippen molar-refractivity contribution in [1.29, 1.82) is 0 Å². The first-order valence-corrected chi connectivity index (χ1v) is 9.17. The highest BCUT2D eigenvalue weighted by atomic mass is 32.1. The van der Waals surface area contributed by atoms with E-state index in [1.165, 1.54) is 23.6 Å².